The smallest absolute Gasteiger partial charge is 0.246 e. The molecule has 0 fully saturated rings. The molecular formula is C27H28N2O4. The monoisotopic (exact) mass is 444 g/mol. The van der Waals surface area contributed by atoms with Crippen molar-refractivity contribution in [2.45, 2.75) is 25.9 Å². The van der Waals surface area contributed by atoms with Crippen LogP contribution in [0, 0.1) is 0 Å². The van der Waals surface area contributed by atoms with Crippen molar-refractivity contribution in [3.05, 3.63) is 89.0 Å². The van der Waals surface area contributed by atoms with E-state index in [4.69, 9.17) is 9.47 Å². The molecule has 6 heteroatoms. The van der Waals surface area contributed by atoms with Gasteiger partial charge in [-0.3, -0.25) is 14.5 Å². The lowest BCUT2D eigenvalue weighted by molar-refractivity contribution is -0.122. The number of ketones is 1. The zero-order chi connectivity index (χ0) is 23.4. The zero-order valence-electron chi connectivity index (χ0n) is 19.1. The fourth-order valence-electron chi connectivity index (χ4n) is 4.32. The summed E-state index contributed by atoms with van der Waals surface area (Å²) in [5, 5.41) is 3.02. The van der Waals surface area contributed by atoms with Gasteiger partial charge in [0.15, 0.2) is 17.3 Å². The van der Waals surface area contributed by atoms with Crippen LogP contribution in [0.25, 0.3) is 0 Å². The molecule has 0 aliphatic carbocycles. The first kappa shape index (κ1) is 22.6. The van der Waals surface area contributed by atoms with Crippen molar-refractivity contribution in [3.8, 4) is 11.5 Å². The van der Waals surface area contributed by atoms with Crippen LogP contribution in [0.3, 0.4) is 0 Å². The zero-order valence-corrected chi connectivity index (χ0v) is 19.1. The standard InChI is InChI=1S/C27H28N2O4/c1-18(30)20-10-7-11-23(14-20)28-27(31)26(19-8-5-4-6-9-19)29-13-12-21-15-24(32-2)25(33-3)16-22(21)17-29/h4-11,14-16,26H,12-13,17H2,1-3H3,(H,28,31)/t26-/m0/s1. The van der Waals surface area contributed by atoms with E-state index in [-0.39, 0.29) is 11.7 Å². The number of anilines is 1. The van der Waals surface area contributed by atoms with Crippen LogP contribution < -0.4 is 14.8 Å². The third-order valence-corrected chi connectivity index (χ3v) is 6.01. The van der Waals surface area contributed by atoms with Gasteiger partial charge in [0.25, 0.3) is 0 Å². The maximum absolute atomic E-state index is 13.5. The number of hydrogen-bond donors (Lipinski definition) is 1. The fraction of sp³-hybridized carbons (Fsp3) is 0.259. The number of amides is 1. The summed E-state index contributed by atoms with van der Waals surface area (Å²) in [5.41, 5.74) is 4.41. The number of Topliss-reactive ketones (excluding diaryl/α,β-unsaturated/α-hetero) is 1. The molecule has 0 spiro atoms. The average Bonchev–Trinajstić information content (AvgIpc) is 2.84. The summed E-state index contributed by atoms with van der Waals surface area (Å²) < 4.78 is 10.9. The largest absolute Gasteiger partial charge is 0.493 e. The molecule has 3 aromatic rings. The van der Waals surface area contributed by atoms with Gasteiger partial charge >= 0.3 is 0 Å². The predicted octanol–water partition coefficient (Wildman–Crippen LogP) is 4.64. The van der Waals surface area contributed by atoms with Crippen LogP contribution in [0.15, 0.2) is 66.7 Å². The highest BCUT2D eigenvalue weighted by atomic mass is 16.5. The minimum atomic E-state index is -0.478. The van der Waals surface area contributed by atoms with Crippen LogP contribution >= 0.6 is 0 Å². The number of methoxy groups -OCH3 is 2. The molecular weight excluding hydrogens is 416 g/mol. The van der Waals surface area contributed by atoms with Gasteiger partial charge in [0, 0.05) is 24.3 Å². The summed E-state index contributed by atoms with van der Waals surface area (Å²) in [5.74, 6) is 1.22. The Kier molecular flexibility index (Phi) is 6.75. The van der Waals surface area contributed by atoms with Gasteiger partial charge < -0.3 is 14.8 Å². The number of carbonyl (C=O) groups excluding carboxylic acids is 2. The Hall–Kier alpha value is -3.64. The van der Waals surface area contributed by atoms with Crippen LogP contribution in [0.2, 0.25) is 0 Å². The van der Waals surface area contributed by atoms with Gasteiger partial charge in [0.2, 0.25) is 5.91 Å². The Labute approximate surface area is 194 Å². The highest BCUT2D eigenvalue weighted by Crippen LogP contribution is 2.36. The van der Waals surface area contributed by atoms with E-state index in [2.05, 4.69) is 10.2 Å². The first-order valence-corrected chi connectivity index (χ1v) is 10.9. The van der Waals surface area contributed by atoms with Crippen LogP contribution in [0.4, 0.5) is 5.69 Å². The topological polar surface area (TPSA) is 67.9 Å². The lowest BCUT2D eigenvalue weighted by Gasteiger charge is -2.35. The van der Waals surface area contributed by atoms with Crippen LogP contribution in [-0.2, 0) is 17.8 Å². The summed E-state index contributed by atoms with van der Waals surface area (Å²) in [7, 11) is 3.26. The van der Waals surface area contributed by atoms with Gasteiger partial charge in [-0.1, -0.05) is 42.5 Å². The van der Waals surface area contributed by atoms with E-state index in [1.807, 2.05) is 42.5 Å². The van der Waals surface area contributed by atoms with Gasteiger partial charge in [0.05, 0.1) is 14.2 Å². The maximum atomic E-state index is 13.5. The number of fused-ring (bicyclic) bond motifs is 1. The molecule has 0 radical (unpaired) electrons. The molecule has 0 unspecified atom stereocenters. The summed E-state index contributed by atoms with van der Waals surface area (Å²) >= 11 is 0. The molecule has 4 rings (SSSR count). The van der Waals surface area contributed by atoms with Crippen molar-refractivity contribution in [2.75, 3.05) is 26.1 Å². The lowest BCUT2D eigenvalue weighted by Crippen LogP contribution is -2.40. The second-order valence-electron chi connectivity index (χ2n) is 8.14. The van der Waals surface area contributed by atoms with Gasteiger partial charge in [-0.2, -0.15) is 0 Å². The van der Waals surface area contributed by atoms with E-state index < -0.39 is 6.04 Å². The Morgan fingerprint density at radius 2 is 1.61 bits per heavy atom. The Morgan fingerprint density at radius 1 is 0.909 bits per heavy atom. The van der Waals surface area contributed by atoms with E-state index in [1.54, 1.807) is 38.5 Å². The van der Waals surface area contributed by atoms with Crippen molar-refractivity contribution < 1.29 is 19.1 Å². The van der Waals surface area contributed by atoms with Gasteiger partial charge in [-0.15, -0.1) is 0 Å². The van der Waals surface area contributed by atoms with Crippen molar-refractivity contribution in [1.29, 1.82) is 0 Å². The minimum Gasteiger partial charge on any atom is -0.493 e. The van der Waals surface area contributed by atoms with Crippen molar-refractivity contribution in [3.63, 3.8) is 0 Å². The van der Waals surface area contributed by atoms with E-state index in [9.17, 15) is 9.59 Å². The van der Waals surface area contributed by atoms with E-state index in [0.29, 0.717) is 29.3 Å². The minimum absolute atomic E-state index is 0.0391. The van der Waals surface area contributed by atoms with Crippen LogP contribution in [0.5, 0.6) is 11.5 Å². The SMILES string of the molecule is COc1cc2c(cc1OC)CN([C@H](C(=O)Nc1cccc(C(C)=O)c1)c1ccccc1)CC2. The Balaban J connectivity index is 1.64. The Morgan fingerprint density at radius 3 is 2.27 bits per heavy atom. The summed E-state index contributed by atoms with van der Waals surface area (Å²) in [4.78, 5) is 27.5. The highest BCUT2D eigenvalue weighted by Gasteiger charge is 2.31. The molecule has 1 atom stereocenters. The molecule has 1 N–H and O–H groups in total. The average molecular weight is 445 g/mol. The van der Waals surface area contributed by atoms with Gasteiger partial charge in [0.1, 0.15) is 6.04 Å². The third-order valence-electron chi connectivity index (χ3n) is 6.01. The van der Waals surface area contributed by atoms with E-state index >= 15 is 0 Å². The number of nitrogens with zero attached hydrogens (tertiary/aromatic N) is 1. The molecule has 170 valence electrons. The van der Waals surface area contributed by atoms with Gasteiger partial charge in [-0.25, -0.2) is 0 Å². The summed E-state index contributed by atoms with van der Waals surface area (Å²) in [6, 6.07) is 20.4. The molecule has 0 saturated carbocycles. The summed E-state index contributed by atoms with van der Waals surface area (Å²) in [6.45, 7) is 2.85. The van der Waals surface area contributed by atoms with Gasteiger partial charge in [-0.05, 0) is 54.3 Å². The second kappa shape index (κ2) is 9.88. The number of benzene rings is 3. The van der Waals surface area contributed by atoms with Crippen LogP contribution in [-0.4, -0.2) is 37.4 Å². The molecule has 0 saturated heterocycles. The molecule has 1 amide bonds. The van der Waals surface area contributed by atoms with Crippen molar-refractivity contribution >= 4 is 17.4 Å². The first-order valence-electron chi connectivity index (χ1n) is 10.9. The second-order valence-corrected chi connectivity index (χ2v) is 8.14. The molecule has 0 aromatic heterocycles. The fourth-order valence-corrected chi connectivity index (χ4v) is 4.32. The predicted molar refractivity (Wildman–Crippen MR) is 128 cm³/mol. The number of ether oxygens (including phenoxy) is 2. The molecule has 1 heterocycles. The number of hydrogen-bond acceptors (Lipinski definition) is 5. The molecule has 0 bridgehead atoms. The van der Waals surface area contributed by atoms with Crippen molar-refractivity contribution in [2.24, 2.45) is 0 Å². The molecule has 1 aliphatic heterocycles. The molecule has 6 nitrogen and oxygen atoms in total. The first-order chi connectivity index (χ1) is 16.0. The van der Waals surface area contributed by atoms with E-state index in [0.717, 1.165) is 24.1 Å². The number of carbonyl (C=O) groups is 2. The third kappa shape index (κ3) is 4.91. The number of nitrogens with one attached hydrogen (secondary N) is 1. The molecule has 3 aromatic carbocycles. The lowest BCUT2D eigenvalue weighted by atomic mass is 9.95. The Bertz CT molecular complexity index is 1160. The summed E-state index contributed by atoms with van der Waals surface area (Å²) in [6.07, 6.45) is 0.798. The maximum Gasteiger partial charge on any atom is 0.246 e. The van der Waals surface area contributed by atoms with E-state index in [1.165, 1.54) is 12.5 Å². The molecule has 33 heavy (non-hydrogen) atoms. The highest BCUT2D eigenvalue weighted by molar-refractivity contribution is 5.98. The number of rotatable bonds is 7. The van der Waals surface area contributed by atoms with Crippen molar-refractivity contribution in [1.82, 2.24) is 4.90 Å². The normalized spacial score (nSPS) is 14.2. The quantitative estimate of drug-likeness (QED) is 0.538. The molecule has 1 aliphatic rings. The van der Waals surface area contributed by atoms with Crippen LogP contribution in [0.1, 0.15) is 40.0 Å².